The van der Waals surface area contributed by atoms with Gasteiger partial charge in [0.25, 0.3) is 0 Å². The summed E-state index contributed by atoms with van der Waals surface area (Å²) in [5, 5.41) is 0. The van der Waals surface area contributed by atoms with Crippen molar-refractivity contribution < 1.29 is 14.0 Å². The van der Waals surface area contributed by atoms with E-state index in [9.17, 15) is 9.59 Å². The largest absolute Gasteiger partial charge is 0.461 e. The molecule has 0 saturated carbocycles. The molecule has 3 rings (SSSR count). The maximum absolute atomic E-state index is 12.9. The fourth-order valence-electron chi connectivity index (χ4n) is 3.58. The second kappa shape index (κ2) is 7.13. The van der Waals surface area contributed by atoms with Crippen LogP contribution in [-0.2, 0) is 0 Å². The summed E-state index contributed by atoms with van der Waals surface area (Å²) in [6.07, 6.45) is 2.47. The van der Waals surface area contributed by atoms with E-state index >= 15 is 0 Å². The van der Waals surface area contributed by atoms with Crippen LogP contribution in [0.5, 0.6) is 0 Å². The minimum absolute atomic E-state index is 0.0274. The van der Waals surface area contributed by atoms with Gasteiger partial charge in [-0.3, -0.25) is 4.79 Å². The van der Waals surface area contributed by atoms with Crippen LogP contribution in [0.1, 0.15) is 48.8 Å². The van der Waals surface area contributed by atoms with Gasteiger partial charge >= 0.3 is 6.03 Å². The van der Waals surface area contributed by atoms with Crippen molar-refractivity contribution in [3.8, 4) is 0 Å². The van der Waals surface area contributed by atoms with Gasteiger partial charge in [0.1, 0.15) is 0 Å². The van der Waals surface area contributed by atoms with Crippen LogP contribution in [0.3, 0.4) is 0 Å². The molecule has 2 heterocycles. The van der Waals surface area contributed by atoms with Gasteiger partial charge in [-0.05, 0) is 31.0 Å². The summed E-state index contributed by atoms with van der Waals surface area (Å²) < 4.78 is 5.22. The molecule has 132 valence electrons. The van der Waals surface area contributed by atoms with Crippen LogP contribution in [0.4, 0.5) is 4.79 Å². The number of benzene rings is 1. The molecule has 0 unspecified atom stereocenters. The number of likely N-dealkylation sites (N-methyl/N-ethyl adjacent to an activating group) is 1. The zero-order valence-electron chi connectivity index (χ0n) is 14.9. The van der Waals surface area contributed by atoms with Crippen molar-refractivity contribution in [2.24, 2.45) is 0 Å². The number of nitrogens with zero attached hydrogens (tertiary/aromatic N) is 2. The SMILES string of the molecule is CC[C@H](CC(=O)c1ccco1)N1C(=O)N(C)[C@@H](C)[C@H]1c1ccccc1. The highest BCUT2D eigenvalue weighted by atomic mass is 16.3. The minimum atomic E-state index is -0.164. The molecule has 2 amide bonds. The number of furan rings is 1. The smallest absolute Gasteiger partial charge is 0.320 e. The molecule has 0 N–H and O–H groups in total. The van der Waals surface area contributed by atoms with E-state index < -0.39 is 0 Å². The number of urea groups is 1. The summed E-state index contributed by atoms with van der Waals surface area (Å²) in [6, 6.07) is 13.2. The Hall–Kier alpha value is -2.56. The average Bonchev–Trinajstić information content (AvgIpc) is 3.24. The average molecular weight is 340 g/mol. The molecule has 0 radical (unpaired) electrons. The first-order valence-electron chi connectivity index (χ1n) is 8.71. The number of hydrogen-bond donors (Lipinski definition) is 0. The summed E-state index contributed by atoms with van der Waals surface area (Å²) in [5.41, 5.74) is 1.09. The Balaban J connectivity index is 1.90. The third-order valence-electron chi connectivity index (χ3n) is 5.11. The monoisotopic (exact) mass is 340 g/mol. The number of hydrogen-bond acceptors (Lipinski definition) is 3. The molecule has 0 spiro atoms. The normalized spacial score (nSPS) is 21.6. The second-order valence-corrected chi connectivity index (χ2v) is 6.56. The molecule has 5 nitrogen and oxygen atoms in total. The number of ketones is 1. The van der Waals surface area contributed by atoms with Crippen molar-refractivity contribution in [3.05, 3.63) is 60.1 Å². The van der Waals surface area contributed by atoms with E-state index in [1.807, 2.05) is 49.2 Å². The Morgan fingerprint density at radius 1 is 1.20 bits per heavy atom. The molecular formula is C20H24N2O3. The van der Waals surface area contributed by atoms with Gasteiger partial charge in [-0.25, -0.2) is 4.79 Å². The van der Waals surface area contributed by atoms with Crippen LogP contribution in [0.25, 0.3) is 0 Å². The van der Waals surface area contributed by atoms with Crippen molar-refractivity contribution in [1.29, 1.82) is 0 Å². The van der Waals surface area contributed by atoms with Crippen LogP contribution < -0.4 is 0 Å². The molecule has 1 fully saturated rings. The van der Waals surface area contributed by atoms with Gasteiger partial charge in [-0.2, -0.15) is 0 Å². The first-order chi connectivity index (χ1) is 12.0. The fourth-order valence-corrected chi connectivity index (χ4v) is 3.58. The Bertz CT molecular complexity index is 727. The van der Waals surface area contributed by atoms with Gasteiger partial charge in [0, 0.05) is 19.5 Å². The highest BCUT2D eigenvalue weighted by Gasteiger charge is 2.45. The highest BCUT2D eigenvalue weighted by molar-refractivity contribution is 5.94. The number of Topliss-reactive ketones (excluding diaryl/α,β-unsaturated/α-hetero) is 1. The lowest BCUT2D eigenvalue weighted by molar-refractivity contribution is 0.0895. The lowest BCUT2D eigenvalue weighted by Gasteiger charge is -2.32. The predicted octanol–water partition coefficient (Wildman–Crippen LogP) is 4.13. The van der Waals surface area contributed by atoms with E-state index in [0.717, 1.165) is 5.56 Å². The molecule has 1 aromatic carbocycles. The van der Waals surface area contributed by atoms with Gasteiger partial charge in [0.05, 0.1) is 18.3 Å². The van der Waals surface area contributed by atoms with Gasteiger partial charge in [0.2, 0.25) is 0 Å². The summed E-state index contributed by atoms with van der Waals surface area (Å²) in [6.45, 7) is 4.06. The second-order valence-electron chi connectivity index (χ2n) is 6.56. The first kappa shape index (κ1) is 17.3. The fraction of sp³-hybridized carbons (Fsp3) is 0.400. The topological polar surface area (TPSA) is 53.8 Å². The van der Waals surface area contributed by atoms with Gasteiger partial charge in [0.15, 0.2) is 11.5 Å². The van der Waals surface area contributed by atoms with E-state index in [0.29, 0.717) is 12.2 Å². The van der Waals surface area contributed by atoms with Crippen LogP contribution >= 0.6 is 0 Å². The van der Waals surface area contributed by atoms with Crippen molar-refractivity contribution in [2.45, 2.75) is 44.8 Å². The summed E-state index contributed by atoms with van der Waals surface area (Å²) in [5.74, 6) is 0.279. The summed E-state index contributed by atoms with van der Waals surface area (Å²) >= 11 is 0. The number of rotatable bonds is 6. The van der Waals surface area contributed by atoms with Crippen molar-refractivity contribution >= 4 is 11.8 Å². The quantitative estimate of drug-likeness (QED) is 0.743. The van der Waals surface area contributed by atoms with Crippen LogP contribution in [-0.4, -0.2) is 40.7 Å². The van der Waals surface area contributed by atoms with Gasteiger partial charge in [-0.1, -0.05) is 37.3 Å². The molecular weight excluding hydrogens is 316 g/mol. The highest BCUT2D eigenvalue weighted by Crippen LogP contribution is 2.37. The molecule has 25 heavy (non-hydrogen) atoms. The zero-order valence-corrected chi connectivity index (χ0v) is 14.9. The molecule has 5 heteroatoms. The lowest BCUT2D eigenvalue weighted by atomic mass is 9.96. The van der Waals surface area contributed by atoms with E-state index in [2.05, 4.69) is 6.92 Å². The molecule has 3 atom stereocenters. The van der Waals surface area contributed by atoms with Crippen LogP contribution in [0, 0.1) is 0 Å². The number of carbonyl (C=O) groups excluding carboxylic acids is 2. The zero-order chi connectivity index (χ0) is 18.0. The third-order valence-corrected chi connectivity index (χ3v) is 5.11. The first-order valence-corrected chi connectivity index (χ1v) is 8.71. The standard InChI is InChI=1S/C20H24N2O3/c1-4-16(13-17(23)18-11-8-12-25-18)22-19(14(2)21(3)20(22)24)15-9-6-5-7-10-15/h5-12,14,16,19H,4,13H2,1-3H3/t14-,16+,19-/m0/s1. The maximum Gasteiger partial charge on any atom is 0.320 e. The Labute approximate surface area is 148 Å². The van der Waals surface area contributed by atoms with E-state index in [-0.39, 0.29) is 36.4 Å². The van der Waals surface area contributed by atoms with E-state index in [1.165, 1.54) is 6.26 Å². The predicted molar refractivity (Wildman–Crippen MR) is 95.4 cm³/mol. The molecule has 1 aliphatic heterocycles. The lowest BCUT2D eigenvalue weighted by Crippen LogP contribution is -2.40. The number of carbonyl (C=O) groups is 2. The van der Waals surface area contributed by atoms with Crippen LogP contribution in [0.15, 0.2) is 53.1 Å². The molecule has 1 aromatic heterocycles. The third kappa shape index (κ3) is 3.18. The molecule has 2 aromatic rings. The van der Waals surface area contributed by atoms with E-state index in [1.54, 1.807) is 17.0 Å². The summed E-state index contributed by atoms with van der Waals surface area (Å²) in [7, 11) is 1.82. The maximum atomic E-state index is 12.9. The summed E-state index contributed by atoms with van der Waals surface area (Å²) in [4.78, 5) is 29.0. The molecule has 1 saturated heterocycles. The Kier molecular flexibility index (Phi) is 4.93. The molecule has 0 bridgehead atoms. The minimum Gasteiger partial charge on any atom is -0.461 e. The van der Waals surface area contributed by atoms with Crippen molar-refractivity contribution in [1.82, 2.24) is 9.80 Å². The van der Waals surface area contributed by atoms with Gasteiger partial charge in [-0.15, -0.1) is 0 Å². The number of amides is 2. The van der Waals surface area contributed by atoms with Crippen LogP contribution in [0.2, 0.25) is 0 Å². The molecule has 0 aliphatic carbocycles. The van der Waals surface area contributed by atoms with Crippen molar-refractivity contribution in [3.63, 3.8) is 0 Å². The van der Waals surface area contributed by atoms with Gasteiger partial charge < -0.3 is 14.2 Å². The molecule has 1 aliphatic rings. The Morgan fingerprint density at radius 3 is 2.52 bits per heavy atom. The van der Waals surface area contributed by atoms with E-state index in [4.69, 9.17) is 4.42 Å². The van der Waals surface area contributed by atoms with Crippen molar-refractivity contribution in [2.75, 3.05) is 7.05 Å². The Morgan fingerprint density at radius 2 is 1.92 bits per heavy atom.